The first-order valence-corrected chi connectivity index (χ1v) is 25.5. The highest BCUT2D eigenvalue weighted by Crippen LogP contribution is 2.58. The van der Waals surface area contributed by atoms with Gasteiger partial charge in [-0.3, -0.25) is 0 Å². The van der Waals surface area contributed by atoms with Crippen LogP contribution in [0.15, 0.2) is 222 Å². The maximum absolute atomic E-state index is 10.0. The first kappa shape index (κ1) is 47.0. The van der Waals surface area contributed by atoms with Gasteiger partial charge in [-0.15, -0.1) is 0 Å². The summed E-state index contributed by atoms with van der Waals surface area (Å²) in [6.45, 7) is 17.4. The zero-order chi connectivity index (χ0) is 49.0. The minimum absolute atomic E-state index is 0.0864. The Morgan fingerprint density at radius 1 is 0.414 bits per heavy atom. The Bertz CT molecular complexity index is 3370. The monoisotopic (exact) mass is 1040 g/mol. The summed E-state index contributed by atoms with van der Waals surface area (Å²) in [5.41, 5.74) is 18.1. The van der Waals surface area contributed by atoms with E-state index in [-0.39, 0.29) is 16.6 Å². The second-order valence-corrected chi connectivity index (χ2v) is 22.4. The highest BCUT2D eigenvalue weighted by molar-refractivity contribution is 9.10. The molecule has 11 rings (SSSR count). The van der Waals surface area contributed by atoms with E-state index in [1.165, 1.54) is 72.3 Å². The molecule has 0 heterocycles. The number of hydrogen-bond acceptors (Lipinski definition) is 2. The van der Waals surface area contributed by atoms with Crippen LogP contribution >= 0.6 is 31.9 Å². The van der Waals surface area contributed by atoms with Gasteiger partial charge >= 0.3 is 0 Å². The average molecular weight is 1040 g/mol. The van der Waals surface area contributed by atoms with E-state index in [1.807, 2.05) is 30.3 Å². The van der Waals surface area contributed by atoms with Crippen LogP contribution in [0.3, 0.4) is 0 Å². The molecule has 2 nitrogen and oxygen atoms in total. The summed E-state index contributed by atoms with van der Waals surface area (Å²) in [6, 6.07) is 73.3. The maximum Gasteiger partial charge on any atom is 0.127 e. The predicted molar refractivity (Wildman–Crippen MR) is 299 cm³/mol. The summed E-state index contributed by atoms with van der Waals surface area (Å²) in [4.78, 5) is 0. The van der Waals surface area contributed by atoms with Crippen molar-refractivity contribution in [3.63, 3.8) is 0 Å². The van der Waals surface area contributed by atoms with E-state index in [2.05, 4.69) is 250 Å². The molecule has 346 valence electrons. The SMILES string of the molecule is C=Cc1ccc(Oc2ccc(C3(c4ccc(C(C)(C)C)cc4)c4ccccc4-c4ccc(Br)cc43)cc2)cc1.CC(C)(C)c1ccc(C2(c3ccc(O)cc3)c3ccccc3-c3ccc(Br)cc32)cc1. The van der Waals surface area contributed by atoms with Crippen molar-refractivity contribution in [2.45, 2.75) is 63.2 Å². The van der Waals surface area contributed by atoms with E-state index in [0.717, 1.165) is 31.6 Å². The van der Waals surface area contributed by atoms with Crippen LogP contribution in [-0.2, 0) is 21.7 Å². The van der Waals surface area contributed by atoms with Crippen LogP contribution < -0.4 is 4.74 Å². The van der Waals surface area contributed by atoms with Gasteiger partial charge in [0.15, 0.2) is 0 Å². The number of halogens is 2. The molecule has 0 aliphatic heterocycles. The molecule has 2 atom stereocenters. The van der Waals surface area contributed by atoms with Crippen LogP contribution in [0.1, 0.15) is 103 Å². The molecule has 0 radical (unpaired) electrons. The predicted octanol–water partition coefficient (Wildman–Crippen LogP) is 18.4. The molecular formula is C66H56Br2O2. The zero-order valence-corrected chi connectivity index (χ0v) is 43.7. The molecule has 4 heteroatoms. The van der Waals surface area contributed by atoms with Crippen molar-refractivity contribution in [3.8, 4) is 39.5 Å². The Labute approximate surface area is 430 Å². The molecule has 0 amide bonds. The van der Waals surface area contributed by atoms with Crippen molar-refractivity contribution in [1.82, 2.24) is 0 Å². The quantitative estimate of drug-likeness (QED) is 0.172. The number of rotatable bonds is 7. The van der Waals surface area contributed by atoms with Crippen LogP contribution in [0.4, 0.5) is 0 Å². The Balaban J connectivity index is 0.000000166. The number of benzene rings is 9. The van der Waals surface area contributed by atoms with Gasteiger partial charge < -0.3 is 9.84 Å². The lowest BCUT2D eigenvalue weighted by Crippen LogP contribution is -2.28. The molecular weight excluding hydrogens is 985 g/mol. The lowest BCUT2D eigenvalue weighted by Gasteiger charge is -2.34. The number of phenols is 1. The molecule has 0 spiro atoms. The van der Waals surface area contributed by atoms with Crippen molar-refractivity contribution in [2.75, 3.05) is 0 Å². The fourth-order valence-corrected chi connectivity index (χ4v) is 11.5. The van der Waals surface area contributed by atoms with Crippen molar-refractivity contribution in [2.24, 2.45) is 0 Å². The molecule has 0 aromatic heterocycles. The van der Waals surface area contributed by atoms with E-state index in [1.54, 1.807) is 12.1 Å². The third-order valence-corrected chi connectivity index (χ3v) is 15.3. The zero-order valence-electron chi connectivity index (χ0n) is 40.5. The standard InChI is InChI=1S/C37H31BrO.C29H25BrO/c1-5-25-10-19-30(20-11-25)39-31-21-16-28(17-22-31)37(27-14-12-26(13-15-27)36(2,3)4)34-9-7-6-8-32(34)33-23-18-29(38)24-35(33)37;1-28(2,3)19-8-10-20(11-9-19)29(21-12-15-23(31)16-13-21)26-7-5-4-6-24(26)25-17-14-22(30)18-27(25)29/h5-24H,1H2,2-4H3;4-18,31H,1-3H3. The van der Waals surface area contributed by atoms with Gasteiger partial charge in [0, 0.05) is 8.95 Å². The number of phenolic OH excluding ortho intramolecular Hbond substituents is 1. The fraction of sp³-hybridized carbons (Fsp3) is 0.152. The van der Waals surface area contributed by atoms with Crippen LogP contribution in [0.5, 0.6) is 17.2 Å². The molecule has 0 saturated heterocycles. The van der Waals surface area contributed by atoms with E-state index >= 15 is 0 Å². The van der Waals surface area contributed by atoms with Gasteiger partial charge in [-0.25, -0.2) is 0 Å². The summed E-state index contributed by atoms with van der Waals surface area (Å²) in [5.74, 6) is 1.90. The molecule has 2 aliphatic rings. The molecule has 0 bridgehead atoms. The highest BCUT2D eigenvalue weighted by atomic mass is 79.9. The van der Waals surface area contributed by atoms with Crippen molar-refractivity contribution >= 4 is 37.9 Å². The van der Waals surface area contributed by atoms with Crippen LogP contribution in [0.2, 0.25) is 0 Å². The van der Waals surface area contributed by atoms with Gasteiger partial charge in [0.1, 0.15) is 17.2 Å². The summed E-state index contributed by atoms with van der Waals surface area (Å²) in [6.07, 6.45) is 1.84. The smallest absolute Gasteiger partial charge is 0.127 e. The topological polar surface area (TPSA) is 29.5 Å². The van der Waals surface area contributed by atoms with Crippen LogP contribution in [0.25, 0.3) is 28.3 Å². The van der Waals surface area contributed by atoms with E-state index in [9.17, 15) is 5.11 Å². The maximum atomic E-state index is 10.0. The summed E-state index contributed by atoms with van der Waals surface area (Å²) < 4.78 is 8.34. The first-order chi connectivity index (χ1) is 33.6. The van der Waals surface area contributed by atoms with Gasteiger partial charge in [0.05, 0.1) is 10.8 Å². The lowest BCUT2D eigenvalue weighted by atomic mass is 9.67. The van der Waals surface area contributed by atoms with Gasteiger partial charge in [-0.05, 0) is 155 Å². The fourth-order valence-electron chi connectivity index (χ4n) is 10.8. The Kier molecular flexibility index (Phi) is 12.2. The molecule has 1 N–H and O–H groups in total. The Hall–Kier alpha value is -6.72. The number of ether oxygens (including phenoxy) is 1. The lowest BCUT2D eigenvalue weighted by molar-refractivity contribution is 0.475. The molecule has 0 fully saturated rings. The van der Waals surface area contributed by atoms with E-state index in [0.29, 0.717) is 0 Å². The Morgan fingerprint density at radius 3 is 1.14 bits per heavy atom. The molecule has 9 aromatic carbocycles. The van der Waals surface area contributed by atoms with E-state index in [4.69, 9.17) is 4.74 Å². The van der Waals surface area contributed by atoms with Crippen LogP contribution in [0, 0.1) is 0 Å². The third-order valence-electron chi connectivity index (χ3n) is 14.3. The van der Waals surface area contributed by atoms with Crippen molar-refractivity contribution in [3.05, 3.63) is 283 Å². The van der Waals surface area contributed by atoms with Gasteiger partial charge in [0.2, 0.25) is 0 Å². The Morgan fingerprint density at radius 2 is 0.757 bits per heavy atom. The molecule has 0 saturated carbocycles. The largest absolute Gasteiger partial charge is 0.508 e. The summed E-state index contributed by atoms with van der Waals surface area (Å²) >= 11 is 7.49. The number of aromatic hydroxyl groups is 1. The normalized spacial score (nSPS) is 16.5. The highest BCUT2D eigenvalue weighted by Gasteiger charge is 2.47. The third kappa shape index (κ3) is 8.15. The minimum atomic E-state index is -0.448. The van der Waals surface area contributed by atoms with Crippen molar-refractivity contribution < 1.29 is 9.84 Å². The van der Waals surface area contributed by atoms with Gasteiger partial charge in [-0.1, -0.05) is 232 Å². The van der Waals surface area contributed by atoms with E-state index < -0.39 is 10.8 Å². The number of fused-ring (bicyclic) bond motifs is 6. The second-order valence-electron chi connectivity index (χ2n) is 20.6. The van der Waals surface area contributed by atoms with Crippen molar-refractivity contribution in [1.29, 1.82) is 0 Å². The minimum Gasteiger partial charge on any atom is -0.508 e. The number of hydrogen-bond donors (Lipinski definition) is 1. The van der Waals surface area contributed by atoms with Gasteiger partial charge in [-0.2, -0.15) is 0 Å². The molecule has 2 unspecified atom stereocenters. The first-order valence-electron chi connectivity index (χ1n) is 23.9. The molecule has 9 aromatic rings. The second kappa shape index (κ2) is 18.2. The average Bonchev–Trinajstić information content (AvgIpc) is 3.82. The van der Waals surface area contributed by atoms with Gasteiger partial charge in [0.25, 0.3) is 0 Å². The summed E-state index contributed by atoms with van der Waals surface area (Å²) in [5, 5.41) is 10.0. The summed E-state index contributed by atoms with van der Waals surface area (Å²) in [7, 11) is 0. The molecule has 70 heavy (non-hydrogen) atoms. The van der Waals surface area contributed by atoms with Crippen LogP contribution in [-0.4, -0.2) is 5.11 Å². The molecule has 2 aliphatic carbocycles.